The number of hydrogen-bond donors (Lipinski definition) is 2. The van der Waals surface area contributed by atoms with Gasteiger partial charge in [-0.25, -0.2) is 8.42 Å². The summed E-state index contributed by atoms with van der Waals surface area (Å²) in [6, 6.07) is 13.7. The van der Waals surface area contributed by atoms with Crippen molar-refractivity contribution < 1.29 is 13.2 Å². The SMILES string of the molecule is C[C@H](/C=C/S(C)(=O)=O)NC(=O)c1ccc(N[C@@H](C)c2ccccc2Cl)c(C#N)c1. The fourth-order valence-electron chi connectivity index (χ4n) is 2.64. The molecule has 0 aliphatic heterocycles. The van der Waals surface area contributed by atoms with E-state index in [1.165, 1.54) is 12.1 Å². The van der Waals surface area contributed by atoms with Gasteiger partial charge in [-0.3, -0.25) is 4.79 Å². The first kappa shape index (κ1) is 22.5. The Morgan fingerprint density at radius 2 is 1.90 bits per heavy atom. The van der Waals surface area contributed by atoms with Crippen LogP contribution in [0.25, 0.3) is 0 Å². The van der Waals surface area contributed by atoms with Gasteiger partial charge in [0.1, 0.15) is 6.07 Å². The number of carbonyl (C=O) groups is 1. The van der Waals surface area contributed by atoms with Gasteiger partial charge in [0.15, 0.2) is 9.84 Å². The summed E-state index contributed by atoms with van der Waals surface area (Å²) in [4.78, 5) is 12.4. The molecule has 0 aromatic heterocycles. The quantitative estimate of drug-likeness (QED) is 0.688. The number of hydrogen-bond acceptors (Lipinski definition) is 5. The van der Waals surface area contributed by atoms with E-state index < -0.39 is 21.8 Å². The van der Waals surface area contributed by atoms with Crippen LogP contribution in [-0.4, -0.2) is 26.6 Å². The second-order valence-corrected chi connectivity index (χ2v) is 9.02. The van der Waals surface area contributed by atoms with Gasteiger partial charge in [-0.2, -0.15) is 5.26 Å². The summed E-state index contributed by atoms with van der Waals surface area (Å²) in [5.74, 6) is -0.405. The van der Waals surface area contributed by atoms with Gasteiger partial charge in [0, 0.05) is 28.3 Å². The Kier molecular flexibility index (Phi) is 7.43. The fraction of sp³-hybridized carbons (Fsp3) is 0.238. The minimum atomic E-state index is -3.27. The number of benzene rings is 2. The van der Waals surface area contributed by atoms with Crippen LogP contribution in [0.1, 0.15) is 41.4 Å². The van der Waals surface area contributed by atoms with Gasteiger partial charge in [0.05, 0.1) is 17.3 Å². The molecule has 2 atom stereocenters. The number of sulfone groups is 1. The topological polar surface area (TPSA) is 99.1 Å². The minimum Gasteiger partial charge on any atom is -0.377 e. The summed E-state index contributed by atoms with van der Waals surface area (Å²) in [5, 5.41) is 17.1. The lowest BCUT2D eigenvalue weighted by atomic mass is 10.0. The molecule has 0 aliphatic carbocycles. The zero-order valence-corrected chi connectivity index (χ0v) is 17.9. The summed E-state index contributed by atoms with van der Waals surface area (Å²) in [6.07, 6.45) is 2.46. The summed E-state index contributed by atoms with van der Waals surface area (Å²) in [6.45, 7) is 3.59. The van der Waals surface area contributed by atoms with Crippen molar-refractivity contribution in [3.63, 3.8) is 0 Å². The van der Waals surface area contributed by atoms with Gasteiger partial charge in [-0.05, 0) is 43.7 Å². The number of nitriles is 1. The maximum absolute atomic E-state index is 12.4. The van der Waals surface area contributed by atoms with Crippen LogP contribution in [0.5, 0.6) is 0 Å². The van der Waals surface area contributed by atoms with Gasteiger partial charge in [0.25, 0.3) is 5.91 Å². The van der Waals surface area contributed by atoms with Crippen LogP contribution in [-0.2, 0) is 9.84 Å². The van der Waals surface area contributed by atoms with Crippen molar-refractivity contribution in [1.29, 1.82) is 5.26 Å². The van der Waals surface area contributed by atoms with Crippen LogP contribution in [0, 0.1) is 11.3 Å². The molecular formula is C21H22ClN3O3S. The van der Waals surface area contributed by atoms with E-state index >= 15 is 0 Å². The predicted octanol–water partition coefficient (Wildman–Crippen LogP) is 4.06. The van der Waals surface area contributed by atoms with Crippen molar-refractivity contribution in [3.8, 4) is 6.07 Å². The Hall–Kier alpha value is -2.82. The standard InChI is InChI=1S/C21H22ClN3O3S/c1-14(10-11-29(3,27)28)24-21(26)16-8-9-20(17(12-16)13-23)25-15(2)18-6-4-5-7-19(18)22/h4-12,14-15,25H,1-3H3,(H,24,26)/b11-10+/t14-,15+/m1/s1. The lowest BCUT2D eigenvalue weighted by Gasteiger charge is -2.18. The van der Waals surface area contributed by atoms with E-state index in [2.05, 4.69) is 16.7 Å². The van der Waals surface area contributed by atoms with Crippen molar-refractivity contribution >= 4 is 33.0 Å². The lowest BCUT2D eigenvalue weighted by molar-refractivity contribution is 0.0947. The molecule has 2 aromatic rings. The molecule has 0 unspecified atom stereocenters. The third-order valence-electron chi connectivity index (χ3n) is 4.12. The molecule has 0 radical (unpaired) electrons. The van der Waals surface area contributed by atoms with E-state index in [1.54, 1.807) is 25.1 Å². The maximum Gasteiger partial charge on any atom is 0.251 e. The average Bonchev–Trinajstić information content (AvgIpc) is 2.66. The van der Waals surface area contributed by atoms with Crippen molar-refractivity contribution in [2.75, 3.05) is 11.6 Å². The van der Waals surface area contributed by atoms with Crippen molar-refractivity contribution in [2.45, 2.75) is 25.9 Å². The van der Waals surface area contributed by atoms with Crippen LogP contribution >= 0.6 is 11.6 Å². The largest absolute Gasteiger partial charge is 0.377 e. The number of carbonyl (C=O) groups excluding carboxylic acids is 1. The monoisotopic (exact) mass is 431 g/mol. The van der Waals surface area contributed by atoms with Crippen LogP contribution < -0.4 is 10.6 Å². The van der Waals surface area contributed by atoms with Crippen LogP contribution in [0.15, 0.2) is 53.9 Å². The molecule has 29 heavy (non-hydrogen) atoms. The highest BCUT2D eigenvalue weighted by Gasteiger charge is 2.14. The van der Waals surface area contributed by atoms with E-state index in [4.69, 9.17) is 11.6 Å². The molecule has 0 spiro atoms. The number of nitrogens with zero attached hydrogens (tertiary/aromatic N) is 1. The molecule has 2 rings (SSSR count). The Balaban J connectivity index is 2.16. The Morgan fingerprint density at radius 1 is 1.21 bits per heavy atom. The Morgan fingerprint density at radius 3 is 2.52 bits per heavy atom. The highest BCUT2D eigenvalue weighted by atomic mass is 35.5. The minimum absolute atomic E-state index is 0.142. The number of halogens is 1. The second-order valence-electron chi connectivity index (χ2n) is 6.68. The van der Waals surface area contributed by atoms with Crippen LogP contribution in [0.3, 0.4) is 0 Å². The van der Waals surface area contributed by atoms with Gasteiger partial charge in [-0.15, -0.1) is 0 Å². The summed E-state index contributed by atoms with van der Waals surface area (Å²) in [5.41, 5.74) is 2.10. The molecule has 1 amide bonds. The zero-order valence-electron chi connectivity index (χ0n) is 16.3. The van der Waals surface area contributed by atoms with Crippen LogP contribution in [0.4, 0.5) is 5.69 Å². The molecule has 152 valence electrons. The van der Waals surface area contributed by atoms with E-state index in [0.29, 0.717) is 21.8 Å². The van der Waals surface area contributed by atoms with Gasteiger partial charge in [-0.1, -0.05) is 35.9 Å². The molecule has 6 nitrogen and oxygen atoms in total. The van der Waals surface area contributed by atoms with Gasteiger partial charge >= 0.3 is 0 Å². The van der Waals surface area contributed by atoms with Crippen molar-refractivity contribution in [2.24, 2.45) is 0 Å². The predicted molar refractivity (Wildman–Crippen MR) is 116 cm³/mol. The number of anilines is 1. The smallest absolute Gasteiger partial charge is 0.251 e. The first-order valence-electron chi connectivity index (χ1n) is 8.85. The van der Waals surface area contributed by atoms with Crippen LogP contribution in [0.2, 0.25) is 5.02 Å². The molecular weight excluding hydrogens is 410 g/mol. The number of amides is 1. The lowest BCUT2D eigenvalue weighted by Crippen LogP contribution is -2.31. The molecule has 0 aliphatic rings. The van der Waals surface area contributed by atoms with E-state index in [0.717, 1.165) is 17.2 Å². The number of rotatable bonds is 7. The average molecular weight is 432 g/mol. The molecule has 0 fully saturated rings. The number of nitrogens with one attached hydrogen (secondary N) is 2. The normalized spacial score (nSPS) is 13.5. The molecule has 0 saturated carbocycles. The maximum atomic E-state index is 12.4. The molecule has 0 heterocycles. The molecule has 2 aromatic carbocycles. The van der Waals surface area contributed by atoms with E-state index in [9.17, 15) is 18.5 Å². The Bertz CT molecular complexity index is 1070. The second kappa shape index (κ2) is 9.59. The third kappa shape index (κ3) is 6.63. The molecule has 0 bridgehead atoms. The highest BCUT2D eigenvalue weighted by molar-refractivity contribution is 7.93. The molecule has 8 heteroatoms. The molecule has 2 N–H and O–H groups in total. The molecule has 0 saturated heterocycles. The van der Waals surface area contributed by atoms with Gasteiger partial charge in [0.2, 0.25) is 0 Å². The fourth-order valence-corrected chi connectivity index (χ4v) is 3.46. The Labute approximate surface area is 176 Å². The first-order chi connectivity index (χ1) is 13.6. The third-order valence-corrected chi connectivity index (χ3v) is 5.11. The van der Waals surface area contributed by atoms with Crippen molar-refractivity contribution in [3.05, 3.63) is 75.7 Å². The highest BCUT2D eigenvalue weighted by Crippen LogP contribution is 2.27. The van der Waals surface area contributed by atoms with Crippen molar-refractivity contribution in [1.82, 2.24) is 5.32 Å². The zero-order chi connectivity index (χ0) is 21.6. The summed E-state index contributed by atoms with van der Waals surface area (Å²) >= 11 is 6.23. The van der Waals surface area contributed by atoms with E-state index in [-0.39, 0.29) is 6.04 Å². The van der Waals surface area contributed by atoms with E-state index in [1.807, 2.05) is 25.1 Å². The first-order valence-corrected chi connectivity index (χ1v) is 11.2. The summed E-state index contributed by atoms with van der Waals surface area (Å²) < 4.78 is 22.3. The summed E-state index contributed by atoms with van der Waals surface area (Å²) in [7, 11) is -3.27. The van der Waals surface area contributed by atoms with Gasteiger partial charge < -0.3 is 10.6 Å².